The van der Waals surface area contributed by atoms with Crippen LogP contribution in [0.1, 0.15) is 18.1 Å². The predicted octanol–water partition coefficient (Wildman–Crippen LogP) is 3.65. The average Bonchev–Trinajstić information content (AvgIpc) is 2.63. The number of nitrogens with one attached hydrogen (secondary N) is 1. The Balaban J connectivity index is 2.09. The molecule has 1 N–H and O–H groups in total. The van der Waals surface area contributed by atoms with E-state index < -0.39 is 0 Å². The van der Waals surface area contributed by atoms with E-state index in [1.807, 2.05) is 13.0 Å². The number of halogens is 1. The van der Waals surface area contributed by atoms with Crippen molar-refractivity contribution in [1.82, 2.24) is 4.90 Å². The SMILES string of the molecule is COc1ccc(CN(CC(=O)Nc2ccc(Cl)cc2C)C(C)=O)cc1OC. The standard InChI is InChI=1S/C20H23ClN2O4/c1-13-9-16(21)6-7-17(13)22-20(25)12-23(14(2)24)11-15-5-8-18(26-3)19(10-15)27-4/h5-10H,11-12H2,1-4H3,(H,22,25). The van der Waals surface area contributed by atoms with Gasteiger partial charge in [-0.15, -0.1) is 0 Å². The molecule has 0 unspecified atom stereocenters. The van der Waals surface area contributed by atoms with Crippen molar-refractivity contribution in [2.45, 2.75) is 20.4 Å². The first kappa shape index (κ1) is 20.6. The number of methoxy groups -OCH3 is 2. The number of amides is 2. The number of carbonyl (C=O) groups is 2. The minimum absolute atomic E-state index is 0.0637. The summed E-state index contributed by atoms with van der Waals surface area (Å²) in [7, 11) is 3.11. The van der Waals surface area contributed by atoms with Crippen molar-refractivity contribution in [3.05, 3.63) is 52.5 Å². The summed E-state index contributed by atoms with van der Waals surface area (Å²) in [5, 5.41) is 3.41. The van der Waals surface area contributed by atoms with Gasteiger partial charge in [-0.3, -0.25) is 9.59 Å². The van der Waals surface area contributed by atoms with Gasteiger partial charge in [-0.05, 0) is 48.4 Å². The van der Waals surface area contributed by atoms with Crippen LogP contribution in [0.5, 0.6) is 11.5 Å². The van der Waals surface area contributed by atoms with E-state index in [0.717, 1.165) is 11.1 Å². The third-order valence-electron chi connectivity index (χ3n) is 4.06. The minimum Gasteiger partial charge on any atom is -0.493 e. The molecule has 144 valence electrons. The molecule has 0 aromatic heterocycles. The molecule has 7 heteroatoms. The molecule has 6 nitrogen and oxygen atoms in total. The van der Waals surface area contributed by atoms with Crippen molar-refractivity contribution >= 4 is 29.1 Å². The largest absolute Gasteiger partial charge is 0.493 e. The lowest BCUT2D eigenvalue weighted by Crippen LogP contribution is -2.36. The number of ether oxygens (including phenoxy) is 2. The van der Waals surface area contributed by atoms with E-state index in [-0.39, 0.29) is 24.9 Å². The second-order valence-electron chi connectivity index (χ2n) is 6.07. The summed E-state index contributed by atoms with van der Waals surface area (Å²) in [6.07, 6.45) is 0. The number of anilines is 1. The topological polar surface area (TPSA) is 67.9 Å². The molecule has 0 saturated carbocycles. The van der Waals surface area contributed by atoms with Crippen LogP contribution in [0.3, 0.4) is 0 Å². The first-order valence-corrected chi connectivity index (χ1v) is 8.74. The summed E-state index contributed by atoms with van der Waals surface area (Å²) in [4.78, 5) is 25.9. The zero-order valence-electron chi connectivity index (χ0n) is 15.8. The van der Waals surface area contributed by atoms with Crippen molar-refractivity contribution in [3.8, 4) is 11.5 Å². The lowest BCUT2D eigenvalue weighted by molar-refractivity contribution is -0.133. The van der Waals surface area contributed by atoms with Crippen molar-refractivity contribution in [2.75, 3.05) is 26.1 Å². The molecule has 0 saturated heterocycles. The maximum absolute atomic E-state index is 12.4. The molecule has 0 aliphatic heterocycles. The first-order valence-electron chi connectivity index (χ1n) is 8.36. The number of benzene rings is 2. The van der Waals surface area contributed by atoms with Gasteiger partial charge in [0.15, 0.2) is 11.5 Å². The van der Waals surface area contributed by atoms with Crippen LogP contribution in [0.4, 0.5) is 5.69 Å². The van der Waals surface area contributed by atoms with Gasteiger partial charge >= 0.3 is 0 Å². The Labute approximate surface area is 164 Å². The van der Waals surface area contributed by atoms with Gasteiger partial charge in [-0.25, -0.2) is 0 Å². The molecule has 0 aliphatic carbocycles. The fourth-order valence-corrected chi connectivity index (χ4v) is 2.84. The van der Waals surface area contributed by atoms with E-state index >= 15 is 0 Å². The average molecular weight is 391 g/mol. The third-order valence-corrected chi connectivity index (χ3v) is 4.30. The molecule has 0 bridgehead atoms. The fourth-order valence-electron chi connectivity index (χ4n) is 2.61. The molecule has 0 spiro atoms. The lowest BCUT2D eigenvalue weighted by atomic mass is 10.1. The Hall–Kier alpha value is -2.73. The van der Waals surface area contributed by atoms with Gasteiger partial charge < -0.3 is 19.7 Å². The van der Waals surface area contributed by atoms with Crippen LogP contribution in [0.25, 0.3) is 0 Å². The van der Waals surface area contributed by atoms with Gasteiger partial charge in [0.2, 0.25) is 11.8 Å². The molecule has 2 rings (SSSR count). The van der Waals surface area contributed by atoms with Crippen LogP contribution in [0.15, 0.2) is 36.4 Å². The van der Waals surface area contributed by atoms with E-state index in [0.29, 0.717) is 22.2 Å². The van der Waals surface area contributed by atoms with E-state index in [4.69, 9.17) is 21.1 Å². The van der Waals surface area contributed by atoms with Crippen LogP contribution in [-0.4, -0.2) is 37.5 Å². The summed E-state index contributed by atoms with van der Waals surface area (Å²) in [5.41, 5.74) is 2.35. The number of aryl methyl sites for hydroxylation is 1. The van der Waals surface area contributed by atoms with Gasteiger partial charge in [0, 0.05) is 24.2 Å². The molecule has 2 aromatic carbocycles. The Morgan fingerprint density at radius 3 is 2.37 bits per heavy atom. The maximum atomic E-state index is 12.4. The number of carbonyl (C=O) groups excluding carboxylic acids is 2. The molecule has 0 fully saturated rings. The first-order chi connectivity index (χ1) is 12.8. The second kappa shape index (κ2) is 9.28. The van der Waals surface area contributed by atoms with Gasteiger partial charge in [0.1, 0.15) is 6.54 Å². The Kier molecular flexibility index (Phi) is 7.07. The van der Waals surface area contributed by atoms with E-state index in [1.54, 1.807) is 44.6 Å². The molecule has 2 aromatic rings. The summed E-state index contributed by atoms with van der Waals surface area (Å²) in [5.74, 6) is 0.690. The lowest BCUT2D eigenvalue weighted by Gasteiger charge is -2.21. The van der Waals surface area contributed by atoms with Crippen LogP contribution in [0, 0.1) is 6.92 Å². The summed E-state index contributed by atoms with van der Waals surface area (Å²) >= 11 is 5.93. The van der Waals surface area contributed by atoms with Crippen molar-refractivity contribution < 1.29 is 19.1 Å². The predicted molar refractivity (Wildman–Crippen MR) is 105 cm³/mol. The molecule has 2 amide bonds. The number of nitrogens with zero attached hydrogens (tertiary/aromatic N) is 1. The zero-order chi connectivity index (χ0) is 20.0. The molecule has 0 atom stereocenters. The summed E-state index contributed by atoms with van der Waals surface area (Å²) in [6, 6.07) is 10.6. The number of hydrogen-bond acceptors (Lipinski definition) is 4. The maximum Gasteiger partial charge on any atom is 0.244 e. The molecule has 0 radical (unpaired) electrons. The van der Waals surface area contributed by atoms with Gasteiger partial charge in [0.05, 0.1) is 14.2 Å². The highest BCUT2D eigenvalue weighted by molar-refractivity contribution is 6.30. The highest BCUT2D eigenvalue weighted by atomic mass is 35.5. The molecule has 27 heavy (non-hydrogen) atoms. The molecule has 0 aliphatic rings. The summed E-state index contributed by atoms with van der Waals surface area (Å²) in [6.45, 7) is 3.50. The molecular formula is C20H23ClN2O4. The van der Waals surface area contributed by atoms with Gasteiger partial charge in [0.25, 0.3) is 0 Å². The molecular weight excluding hydrogens is 368 g/mol. The number of hydrogen-bond donors (Lipinski definition) is 1. The van der Waals surface area contributed by atoms with E-state index in [1.165, 1.54) is 11.8 Å². The quantitative estimate of drug-likeness (QED) is 0.783. The third kappa shape index (κ3) is 5.62. The Morgan fingerprint density at radius 1 is 1.07 bits per heavy atom. The van der Waals surface area contributed by atoms with Crippen LogP contribution in [0.2, 0.25) is 5.02 Å². The number of rotatable bonds is 7. The fraction of sp³-hybridized carbons (Fsp3) is 0.300. The monoisotopic (exact) mass is 390 g/mol. The molecule has 0 heterocycles. The van der Waals surface area contributed by atoms with Crippen molar-refractivity contribution in [2.24, 2.45) is 0 Å². The van der Waals surface area contributed by atoms with Crippen LogP contribution < -0.4 is 14.8 Å². The van der Waals surface area contributed by atoms with E-state index in [2.05, 4.69) is 5.32 Å². The van der Waals surface area contributed by atoms with Gasteiger partial charge in [-0.1, -0.05) is 17.7 Å². The highest BCUT2D eigenvalue weighted by Crippen LogP contribution is 2.28. The minimum atomic E-state index is -0.281. The zero-order valence-corrected chi connectivity index (χ0v) is 16.6. The van der Waals surface area contributed by atoms with Gasteiger partial charge in [-0.2, -0.15) is 0 Å². The Morgan fingerprint density at radius 2 is 1.78 bits per heavy atom. The normalized spacial score (nSPS) is 10.3. The van der Waals surface area contributed by atoms with E-state index in [9.17, 15) is 9.59 Å². The Bertz CT molecular complexity index is 839. The second-order valence-corrected chi connectivity index (χ2v) is 6.51. The van der Waals surface area contributed by atoms with Crippen molar-refractivity contribution in [1.29, 1.82) is 0 Å². The van der Waals surface area contributed by atoms with Crippen LogP contribution >= 0.6 is 11.6 Å². The smallest absolute Gasteiger partial charge is 0.244 e. The summed E-state index contributed by atoms with van der Waals surface area (Å²) < 4.78 is 10.5. The van der Waals surface area contributed by atoms with Crippen molar-refractivity contribution in [3.63, 3.8) is 0 Å². The highest BCUT2D eigenvalue weighted by Gasteiger charge is 2.16. The van der Waals surface area contributed by atoms with Crippen LogP contribution in [-0.2, 0) is 16.1 Å².